The van der Waals surface area contributed by atoms with Crippen LogP contribution < -0.4 is 4.31 Å². The van der Waals surface area contributed by atoms with Crippen molar-refractivity contribution in [2.24, 2.45) is 0 Å². The molecule has 0 unspecified atom stereocenters. The molecule has 11 heteroatoms. The van der Waals surface area contributed by atoms with E-state index in [2.05, 4.69) is 0 Å². The lowest BCUT2D eigenvalue weighted by Gasteiger charge is -2.31. The molecule has 0 spiro atoms. The van der Waals surface area contributed by atoms with Crippen LogP contribution in [0.25, 0.3) is 0 Å². The van der Waals surface area contributed by atoms with Crippen LogP contribution in [0.2, 0.25) is 5.02 Å². The molecule has 0 aliphatic rings. The van der Waals surface area contributed by atoms with E-state index in [4.69, 9.17) is 16.2 Å². The lowest BCUT2D eigenvalue weighted by Crippen LogP contribution is -2.39. The average molecular weight is 454 g/mol. The summed E-state index contributed by atoms with van der Waals surface area (Å²) in [7, 11) is -8.55. The number of rotatable bonds is 8. The van der Waals surface area contributed by atoms with Crippen molar-refractivity contribution in [3.63, 3.8) is 0 Å². The Bertz CT molecular complexity index is 1040. The fraction of sp³-hybridized carbons (Fsp3) is 0.294. The van der Waals surface area contributed by atoms with Crippen LogP contribution in [-0.2, 0) is 20.1 Å². The van der Waals surface area contributed by atoms with Crippen LogP contribution in [0.3, 0.4) is 0 Å². The molecule has 1 atom stereocenters. The van der Waals surface area contributed by atoms with E-state index in [0.717, 1.165) is 18.2 Å². The first-order valence-corrected chi connectivity index (χ1v) is 11.5. The first-order chi connectivity index (χ1) is 12.9. The monoisotopic (exact) mass is 453 g/mol. The second-order valence-electron chi connectivity index (χ2n) is 6.13. The summed E-state index contributed by atoms with van der Waals surface area (Å²) in [5, 5.41) is 0.295. The van der Waals surface area contributed by atoms with E-state index in [1.165, 1.54) is 31.2 Å². The van der Waals surface area contributed by atoms with Gasteiger partial charge in [0, 0.05) is 17.1 Å². The maximum Gasteiger partial charge on any atom is 0.264 e. The van der Waals surface area contributed by atoms with Crippen molar-refractivity contribution < 1.29 is 30.2 Å². The Balaban J connectivity index is 2.49. The van der Waals surface area contributed by atoms with Crippen molar-refractivity contribution in [1.29, 1.82) is 0 Å². The zero-order valence-electron chi connectivity index (χ0n) is 14.7. The molecule has 0 saturated carbocycles. The summed E-state index contributed by atoms with van der Waals surface area (Å²) in [5.41, 5.74) is -0.505. The van der Waals surface area contributed by atoms with Crippen molar-refractivity contribution in [3.8, 4) is 0 Å². The van der Waals surface area contributed by atoms with Crippen LogP contribution >= 0.6 is 11.6 Å². The maximum absolute atomic E-state index is 14.4. The third kappa shape index (κ3) is 5.63. The van der Waals surface area contributed by atoms with Gasteiger partial charge >= 0.3 is 0 Å². The molecular weight excluding hydrogens is 436 g/mol. The average Bonchev–Trinajstić information content (AvgIpc) is 2.57. The SMILES string of the molecule is C[C@H](CCCS(=O)(=O)O)N(c1cc(F)ccc1F)S(=O)(=O)c1ccc(Cl)cc1. The van der Waals surface area contributed by atoms with Crippen molar-refractivity contribution in [2.45, 2.75) is 30.7 Å². The van der Waals surface area contributed by atoms with E-state index < -0.39 is 49.3 Å². The highest BCUT2D eigenvalue weighted by Crippen LogP contribution is 2.31. The van der Waals surface area contributed by atoms with E-state index in [9.17, 15) is 25.6 Å². The Morgan fingerprint density at radius 1 is 1.07 bits per heavy atom. The zero-order valence-corrected chi connectivity index (χ0v) is 17.1. The predicted molar refractivity (Wildman–Crippen MR) is 103 cm³/mol. The Kier molecular flexibility index (Phi) is 7.02. The molecule has 0 saturated heterocycles. The van der Waals surface area contributed by atoms with Gasteiger partial charge in [-0.3, -0.25) is 8.86 Å². The third-order valence-corrected chi connectivity index (χ3v) is 6.94. The summed E-state index contributed by atoms with van der Waals surface area (Å²) in [6, 6.07) is 6.63. The maximum atomic E-state index is 14.4. The molecule has 2 rings (SSSR count). The Hall–Kier alpha value is -1.75. The second-order valence-corrected chi connectivity index (χ2v) is 9.95. The van der Waals surface area contributed by atoms with Gasteiger partial charge in [0.05, 0.1) is 16.3 Å². The van der Waals surface area contributed by atoms with E-state index >= 15 is 0 Å². The smallest absolute Gasteiger partial charge is 0.264 e. The van der Waals surface area contributed by atoms with Crippen LogP contribution in [0.5, 0.6) is 0 Å². The van der Waals surface area contributed by atoms with Crippen molar-refractivity contribution >= 4 is 37.4 Å². The van der Waals surface area contributed by atoms with E-state index in [-0.39, 0.29) is 17.7 Å². The topological polar surface area (TPSA) is 91.8 Å². The highest BCUT2D eigenvalue weighted by Gasteiger charge is 2.31. The lowest BCUT2D eigenvalue weighted by molar-refractivity contribution is 0.478. The van der Waals surface area contributed by atoms with Gasteiger partial charge < -0.3 is 0 Å². The molecule has 28 heavy (non-hydrogen) atoms. The number of anilines is 1. The van der Waals surface area contributed by atoms with Gasteiger partial charge in [-0.15, -0.1) is 0 Å². The van der Waals surface area contributed by atoms with E-state index in [1.807, 2.05) is 0 Å². The van der Waals surface area contributed by atoms with Gasteiger partial charge in [-0.25, -0.2) is 17.2 Å². The number of benzene rings is 2. The van der Waals surface area contributed by atoms with Gasteiger partial charge in [0.1, 0.15) is 11.6 Å². The van der Waals surface area contributed by atoms with E-state index in [0.29, 0.717) is 9.33 Å². The summed E-state index contributed by atoms with van der Waals surface area (Å²) < 4.78 is 85.7. The Morgan fingerprint density at radius 3 is 2.25 bits per heavy atom. The number of nitrogens with zero attached hydrogens (tertiary/aromatic N) is 1. The molecule has 0 amide bonds. The first kappa shape index (κ1) is 22.5. The Morgan fingerprint density at radius 2 is 1.68 bits per heavy atom. The third-order valence-electron chi connectivity index (χ3n) is 3.94. The standard InChI is InChI=1S/C17H18ClF2NO5S2/c1-12(3-2-10-27(22,23)24)21(17-11-14(19)6-9-16(17)20)28(25,26)15-7-4-13(18)5-8-15/h4-9,11-12H,2-3,10H2,1H3,(H,22,23,24)/t12-/m1/s1. The summed E-state index contributed by atoms with van der Waals surface area (Å²) in [5.74, 6) is -2.38. The van der Waals surface area contributed by atoms with Crippen LogP contribution in [0, 0.1) is 11.6 Å². The van der Waals surface area contributed by atoms with Gasteiger partial charge in [-0.05, 0) is 56.2 Å². The molecule has 154 valence electrons. The fourth-order valence-electron chi connectivity index (χ4n) is 2.66. The molecule has 0 fully saturated rings. The van der Waals surface area contributed by atoms with Crippen molar-refractivity contribution in [3.05, 3.63) is 59.1 Å². The van der Waals surface area contributed by atoms with Crippen LogP contribution in [0.15, 0.2) is 47.4 Å². The molecule has 1 N–H and O–H groups in total. The molecule has 0 aliphatic heterocycles. The van der Waals surface area contributed by atoms with Crippen molar-refractivity contribution in [2.75, 3.05) is 10.1 Å². The summed E-state index contributed by atoms with van der Waals surface area (Å²) in [6.45, 7) is 1.43. The van der Waals surface area contributed by atoms with E-state index in [1.54, 1.807) is 0 Å². The normalized spacial score (nSPS) is 13.3. The van der Waals surface area contributed by atoms with Crippen LogP contribution in [-0.4, -0.2) is 33.2 Å². The molecule has 0 aromatic heterocycles. The summed E-state index contributed by atoms with van der Waals surface area (Å²) in [4.78, 5) is -0.192. The fourth-order valence-corrected chi connectivity index (χ4v) is 5.00. The molecule has 0 aliphatic carbocycles. The molecule has 0 heterocycles. The van der Waals surface area contributed by atoms with Crippen molar-refractivity contribution in [1.82, 2.24) is 0 Å². The second kappa shape index (κ2) is 8.73. The highest BCUT2D eigenvalue weighted by atomic mass is 35.5. The predicted octanol–water partition coefficient (Wildman–Crippen LogP) is 3.87. The number of hydrogen-bond donors (Lipinski definition) is 1. The number of hydrogen-bond acceptors (Lipinski definition) is 4. The van der Waals surface area contributed by atoms with Crippen LogP contribution in [0.4, 0.5) is 14.5 Å². The number of sulfonamides is 1. The highest BCUT2D eigenvalue weighted by molar-refractivity contribution is 7.92. The Labute approximate surface area is 167 Å². The van der Waals surface area contributed by atoms with Crippen LogP contribution in [0.1, 0.15) is 19.8 Å². The summed E-state index contributed by atoms with van der Waals surface area (Å²) in [6.07, 6.45) is -0.105. The number of halogens is 3. The minimum absolute atomic E-state index is 0.0252. The van der Waals surface area contributed by atoms with Gasteiger partial charge in [0.15, 0.2) is 0 Å². The van der Waals surface area contributed by atoms with Gasteiger partial charge in [0.2, 0.25) is 0 Å². The molecule has 0 radical (unpaired) electrons. The largest absolute Gasteiger partial charge is 0.286 e. The first-order valence-electron chi connectivity index (χ1n) is 8.12. The van der Waals surface area contributed by atoms with Gasteiger partial charge in [-0.1, -0.05) is 11.6 Å². The van der Waals surface area contributed by atoms with Gasteiger partial charge in [0.25, 0.3) is 20.1 Å². The zero-order chi connectivity index (χ0) is 21.1. The minimum atomic E-state index is -4.32. The molecule has 0 bridgehead atoms. The van der Waals surface area contributed by atoms with Gasteiger partial charge in [-0.2, -0.15) is 8.42 Å². The minimum Gasteiger partial charge on any atom is -0.286 e. The molecule has 2 aromatic rings. The molecule has 6 nitrogen and oxygen atoms in total. The lowest BCUT2D eigenvalue weighted by atomic mass is 10.2. The quantitative estimate of drug-likeness (QED) is 0.612. The molecular formula is C17H18ClF2NO5S2. The molecule has 2 aromatic carbocycles. The summed E-state index contributed by atoms with van der Waals surface area (Å²) >= 11 is 5.78.